The molecule has 40 heavy (non-hydrogen) atoms. The molecule has 0 aromatic heterocycles. The Morgan fingerprint density at radius 3 is 2.02 bits per heavy atom. The first-order chi connectivity index (χ1) is 18.8. The summed E-state index contributed by atoms with van der Waals surface area (Å²) in [5.41, 5.74) is 3.69. The Bertz CT molecular complexity index is 1760. The van der Waals surface area contributed by atoms with Crippen LogP contribution < -0.4 is 14.3 Å². The number of amides is 1. The third-order valence-corrected chi connectivity index (χ3v) is 9.47. The summed E-state index contributed by atoms with van der Waals surface area (Å²) in [6.45, 7) is 5.04. The van der Waals surface area contributed by atoms with E-state index in [0.717, 1.165) is 21.0 Å². The number of carbonyl (C=O) groups is 1. The van der Waals surface area contributed by atoms with E-state index in [-0.39, 0.29) is 15.5 Å². The largest absolute Gasteiger partial charge is 0.325 e. The number of nitrogens with one attached hydrogen (secondary N) is 2. The van der Waals surface area contributed by atoms with Crippen LogP contribution in [0.3, 0.4) is 0 Å². The Morgan fingerprint density at radius 2 is 1.40 bits per heavy atom. The van der Waals surface area contributed by atoms with Crippen molar-refractivity contribution in [3.05, 3.63) is 113 Å². The minimum Gasteiger partial charge on any atom is -0.325 e. The molecule has 4 aromatic carbocycles. The normalized spacial score (nSPS) is 11.6. The number of hydrogen-bond donors (Lipinski definition) is 2. The third kappa shape index (κ3) is 6.82. The van der Waals surface area contributed by atoms with E-state index in [1.807, 2.05) is 32.9 Å². The number of hydrogen-bond acceptors (Lipinski definition) is 5. The molecule has 1 amide bonds. The van der Waals surface area contributed by atoms with Gasteiger partial charge in [0.2, 0.25) is 5.91 Å². The summed E-state index contributed by atoms with van der Waals surface area (Å²) in [6, 6.07) is 23.5. The van der Waals surface area contributed by atoms with Crippen LogP contribution in [0.1, 0.15) is 16.7 Å². The monoisotopic (exact) mass is 597 g/mol. The van der Waals surface area contributed by atoms with Crippen LogP contribution in [0.25, 0.3) is 0 Å². The van der Waals surface area contributed by atoms with Crippen molar-refractivity contribution in [2.75, 3.05) is 20.9 Å². The van der Waals surface area contributed by atoms with E-state index in [1.54, 1.807) is 36.4 Å². The summed E-state index contributed by atoms with van der Waals surface area (Å²) < 4.78 is 56.4. The first-order valence-electron chi connectivity index (χ1n) is 12.2. The maximum atomic E-state index is 13.5. The quantitative estimate of drug-likeness (QED) is 0.249. The first kappa shape index (κ1) is 29.1. The molecular weight excluding hydrogens is 570 g/mol. The minimum absolute atomic E-state index is 0.00739. The standard InChI is InChI=1S/C29H28ClN3O5S2/c1-20-7-12-27(13-8-20)40(37,38)33(25-6-4-5-23(30)18-25)19-29(34)31-24-10-14-26(15-11-24)39(35,36)32-28-16-9-21(2)17-22(28)3/h4-18,32H,19H2,1-3H3,(H,31,34). The van der Waals surface area contributed by atoms with Gasteiger partial charge in [0.1, 0.15) is 6.54 Å². The average molecular weight is 598 g/mol. The second kappa shape index (κ2) is 11.7. The molecule has 11 heteroatoms. The summed E-state index contributed by atoms with van der Waals surface area (Å²) in [5.74, 6) is -0.625. The number of halogens is 1. The Labute approximate surface area is 239 Å². The average Bonchev–Trinajstić information content (AvgIpc) is 2.89. The highest BCUT2D eigenvalue weighted by Gasteiger charge is 2.27. The maximum absolute atomic E-state index is 13.5. The second-order valence-corrected chi connectivity index (χ2v) is 13.3. The fourth-order valence-electron chi connectivity index (χ4n) is 3.96. The lowest BCUT2D eigenvalue weighted by atomic mass is 10.1. The lowest BCUT2D eigenvalue weighted by molar-refractivity contribution is -0.114. The van der Waals surface area contributed by atoms with E-state index in [0.29, 0.717) is 16.4 Å². The molecular formula is C29H28ClN3O5S2. The minimum atomic E-state index is -4.11. The molecule has 2 N–H and O–H groups in total. The zero-order valence-electron chi connectivity index (χ0n) is 22.1. The lowest BCUT2D eigenvalue weighted by Gasteiger charge is -2.24. The SMILES string of the molecule is Cc1ccc(S(=O)(=O)N(CC(=O)Nc2ccc(S(=O)(=O)Nc3ccc(C)cc3C)cc2)c2cccc(Cl)c2)cc1. The van der Waals surface area contributed by atoms with Crippen molar-refractivity contribution in [1.29, 1.82) is 0 Å². The van der Waals surface area contributed by atoms with Gasteiger partial charge in [-0.1, -0.05) is 53.1 Å². The lowest BCUT2D eigenvalue weighted by Crippen LogP contribution is -2.38. The van der Waals surface area contributed by atoms with E-state index in [4.69, 9.17) is 11.6 Å². The molecule has 0 aliphatic rings. The van der Waals surface area contributed by atoms with Crippen LogP contribution in [0.2, 0.25) is 5.02 Å². The molecule has 0 bridgehead atoms. The zero-order valence-corrected chi connectivity index (χ0v) is 24.4. The highest BCUT2D eigenvalue weighted by Crippen LogP contribution is 2.27. The number of anilines is 3. The van der Waals surface area contributed by atoms with Crippen molar-refractivity contribution < 1.29 is 21.6 Å². The van der Waals surface area contributed by atoms with Crippen LogP contribution >= 0.6 is 11.6 Å². The van der Waals surface area contributed by atoms with E-state index in [9.17, 15) is 21.6 Å². The number of sulfonamides is 2. The molecule has 0 fully saturated rings. The molecule has 4 rings (SSSR count). The van der Waals surface area contributed by atoms with E-state index in [1.165, 1.54) is 42.5 Å². The van der Waals surface area contributed by atoms with Gasteiger partial charge in [-0.15, -0.1) is 0 Å². The molecule has 0 heterocycles. The van der Waals surface area contributed by atoms with Gasteiger partial charge in [0, 0.05) is 10.7 Å². The van der Waals surface area contributed by atoms with Gasteiger partial charge in [0.05, 0.1) is 21.2 Å². The molecule has 0 radical (unpaired) electrons. The molecule has 0 unspecified atom stereocenters. The van der Waals surface area contributed by atoms with Gasteiger partial charge in [0.25, 0.3) is 20.0 Å². The Balaban J connectivity index is 1.53. The molecule has 0 spiro atoms. The van der Waals surface area contributed by atoms with Gasteiger partial charge >= 0.3 is 0 Å². The van der Waals surface area contributed by atoms with Crippen molar-refractivity contribution >= 4 is 54.6 Å². The Morgan fingerprint density at radius 1 is 0.775 bits per heavy atom. The Kier molecular flexibility index (Phi) is 8.53. The second-order valence-electron chi connectivity index (χ2n) is 9.30. The first-order valence-corrected chi connectivity index (χ1v) is 15.5. The number of nitrogens with zero attached hydrogens (tertiary/aromatic N) is 1. The number of rotatable bonds is 9. The molecule has 0 atom stereocenters. The number of carbonyl (C=O) groups excluding carboxylic acids is 1. The molecule has 8 nitrogen and oxygen atoms in total. The zero-order chi connectivity index (χ0) is 29.1. The number of benzene rings is 4. The molecule has 208 valence electrons. The molecule has 0 aliphatic carbocycles. The van der Waals surface area contributed by atoms with Crippen molar-refractivity contribution in [1.82, 2.24) is 0 Å². The van der Waals surface area contributed by atoms with Crippen molar-refractivity contribution in [2.45, 2.75) is 30.6 Å². The van der Waals surface area contributed by atoms with Crippen LogP contribution in [-0.4, -0.2) is 29.3 Å². The summed E-state index contributed by atoms with van der Waals surface area (Å²) in [6.07, 6.45) is 0. The predicted molar refractivity (Wildman–Crippen MR) is 159 cm³/mol. The van der Waals surface area contributed by atoms with Crippen LogP contribution in [0.15, 0.2) is 101 Å². The molecule has 0 aliphatic heterocycles. The van der Waals surface area contributed by atoms with Crippen LogP contribution in [0.5, 0.6) is 0 Å². The maximum Gasteiger partial charge on any atom is 0.264 e. The fraction of sp³-hybridized carbons (Fsp3) is 0.138. The topological polar surface area (TPSA) is 113 Å². The van der Waals surface area contributed by atoms with Crippen LogP contribution in [-0.2, 0) is 24.8 Å². The Hall–Kier alpha value is -3.86. The van der Waals surface area contributed by atoms with E-state index >= 15 is 0 Å². The summed E-state index contributed by atoms with van der Waals surface area (Å²) in [4.78, 5) is 13.1. The van der Waals surface area contributed by atoms with Gasteiger partial charge in [-0.25, -0.2) is 16.8 Å². The number of aryl methyl sites for hydroxylation is 3. The predicted octanol–water partition coefficient (Wildman–Crippen LogP) is 5.90. The molecule has 4 aromatic rings. The van der Waals surface area contributed by atoms with Crippen molar-refractivity contribution in [3.8, 4) is 0 Å². The molecule has 0 saturated heterocycles. The van der Waals surface area contributed by atoms with E-state index < -0.39 is 32.5 Å². The van der Waals surface area contributed by atoms with Gasteiger partial charge in [-0.3, -0.25) is 13.8 Å². The van der Waals surface area contributed by atoms with Crippen molar-refractivity contribution in [3.63, 3.8) is 0 Å². The van der Waals surface area contributed by atoms with E-state index in [2.05, 4.69) is 10.0 Å². The third-order valence-electron chi connectivity index (χ3n) is 6.07. The summed E-state index contributed by atoms with van der Waals surface area (Å²) in [5, 5.41) is 2.95. The molecule has 0 saturated carbocycles. The van der Waals surface area contributed by atoms with Gasteiger partial charge in [-0.2, -0.15) is 0 Å². The van der Waals surface area contributed by atoms with Crippen molar-refractivity contribution in [2.24, 2.45) is 0 Å². The fourth-order valence-corrected chi connectivity index (χ4v) is 6.69. The highest BCUT2D eigenvalue weighted by molar-refractivity contribution is 7.93. The van der Waals surface area contributed by atoms with Gasteiger partial charge in [0.15, 0.2) is 0 Å². The van der Waals surface area contributed by atoms with Gasteiger partial charge < -0.3 is 5.32 Å². The summed E-state index contributed by atoms with van der Waals surface area (Å²) >= 11 is 6.11. The smallest absolute Gasteiger partial charge is 0.264 e. The summed E-state index contributed by atoms with van der Waals surface area (Å²) in [7, 11) is -7.98. The van der Waals surface area contributed by atoms with Crippen LogP contribution in [0.4, 0.5) is 17.1 Å². The highest BCUT2D eigenvalue weighted by atomic mass is 35.5. The van der Waals surface area contributed by atoms with Crippen LogP contribution in [0, 0.1) is 20.8 Å². The van der Waals surface area contributed by atoms with Gasteiger partial charge in [-0.05, 0) is 87.0 Å².